The van der Waals surface area contributed by atoms with Gasteiger partial charge in [0.05, 0.1) is 5.92 Å². The first kappa shape index (κ1) is 39.0. The molecular weight excluding hydrogens is 639 g/mol. The number of carboxylic acid groups (broad SMARTS) is 1. The number of carboxylic acids is 1. The van der Waals surface area contributed by atoms with E-state index >= 15 is 0 Å². The highest BCUT2D eigenvalue weighted by Crippen LogP contribution is 2.62. The van der Waals surface area contributed by atoms with Crippen molar-refractivity contribution in [3.05, 3.63) is 41.5 Å². The van der Waals surface area contributed by atoms with Crippen molar-refractivity contribution in [3.8, 4) is 5.75 Å². The van der Waals surface area contributed by atoms with Crippen LogP contribution in [0.15, 0.2) is 30.4 Å². The summed E-state index contributed by atoms with van der Waals surface area (Å²) < 4.78 is 115. The second-order valence-electron chi connectivity index (χ2n) is 13.9. The van der Waals surface area contributed by atoms with Crippen molar-refractivity contribution >= 4 is 5.97 Å². The minimum Gasteiger partial charge on any atom is -0.508 e. The quantitative estimate of drug-likeness (QED) is 0.123. The molecule has 0 aromatic heterocycles. The molecule has 3 aliphatic rings. The molecule has 2 N–H and O–H groups in total. The molecule has 47 heavy (non-hydrogen) atoms. The molecule has 0 aliphatic heterocycles. The highest BCUT2D eigenvalue weighted by molar-refractivity contribution is 5.69. The number of hydrogen-bond donors (Lipinski definition) is 2. The van der Waals surface area contributed by atoms with Gasteiger partial charge in [-0.2, -0.15) is 39.5 Å². The van der Waals surface area contributed by atoms with E-state index < -0.39 is 48.7 Å². The van der Waals surface area contributed by atoms with E-state index in [-0.39, 0.29) is 6.42 Å². The predicted molar refractivity (Wildman–Crippen MR) is 161 cm³/mol. The molecule has 4 rings (SSSR count). The normalized spacial score (nSPS) is 25.3. The molecule has 2 saturated carbocycles. The molecule has 0 saturated heterocycles. The number of aryl methyl sites for hydroxylation is 1. The Hall–Kier alpha value is -2.40. The summed E-state index contributed by atoms with van der Waals surface area (Å²) in [6, 6.07) is 6.06. The van der Waals surface area contributed by atoms with Gasteiger partial charge in [0, 0.05) is 6.42 Å². The number of unbranched alkanes of at least 4 members (excludes halogenated alkanes) is 5. The van der Waals surface area contributed by atoms with Crippen LogP contribution in [0, 0.1) is 23.2 Å². The van der Waals surface area contributed by atoms with Crippen molar-refractivity contribution < 1.29 is 54.5 Å². The average molecular weight is 687 g/mol. The van der Waals surface area contributed by atoms with E-state index in [1.807, 2.05) is 19.1 Å². The van der Waals surface area contributed by atoms with Crippen molar-refractivity contribution in [2.45, 2.75) is 140 Å². The molecular formula is C35H47F9O3. The monoisotopic (exact) mass is 686 g/mol. The summed E-state index contributed by atoms with van der Waals surface area (Å²) in [5.74, 6) is -19.6. The Bertz CT molecular complexity index is 1230. The summed E-state index contributed by atoms with van der Waals surface area (Å²) in [6.45, 7) is 8.81. The number of rotatable bonds is 13. The van der Waals surface area contributed by atoms with E-state index in [9.17, 15) is 49.4 Å². The van der Waals surface area contributed by atoms with Crippen LogP contribution < -0.4 is 0 Å². The molecule has 0 bridgehead atoms. The second kappa shape index (κ2) is 15.0. The van der Waals surface area contributed by atoms with Gasteiger partial charge >= 0.3 is 29.9 Å². The van der Waals surface area contributed by atoms with Gasteiger partial charge in [-0.3, -0.25) is 4.79 Å². The van der Waals surface area contributed by atoms with Crippen LogP contribution in [0.3, 0.4) is 0 Å². The Labute approximate surface area is 271 Å². The van der Waals surface area contributed by atoms with Gasteiger partial charge in [-0.05, 0) is 97.8 Å². The second-order valence-corrected chi connectivity index (χ2v) is 13.9. The first-order valence-electron chi connectivity index (χ1n) is 16.6. The topological polar surface area (TPSA) is 57.5 Å². The third-order valence-corrected chi connectivity index (χ3v) is 10.9. The lowest BCUT2D eigenvalue weighted by Crippen LogP contribution is -2.60. The van der Waals surface area contributed by atoms with E-state index in [1.165, 1.54) is 48.8 Å². The molecule has 268 valence electrons. The maximum Gasteiger partial charge on any atom is 0.460 e. The lowest BCUT2D eigenvalue weighted by molar-refractivity contribution is -0.396. The van der Waals surface area contributed by atoms with Crippen molar-refractivity contribution in [2.24, 2.45) is 23.2 Å². The van der Waals surface area contributed by atoms with Gasteiger partial charge < -0.3 is 10.2 Å². The fraction of sp³-hybridized carbons (Fsp3) is 0.743. The Morgan fingerprint density at radius 2 is 1.55 bits per heavy atom. The summed E-state index contributed by atoms with van der Waals surface area (Å²) >= 11 is 0. The lowest BCUT2D eigenvalue weighted by Gasteiger charge is -2.49. The maximum absolute atomic E-state index is 13.5. The zero-order valence-corrected chi connectivity index (χ0v) is 27.1. The number of hydrogen-bond acceptors (Lipinski definition) is 2. The SMILES string of the molecule is C=C1CCC2C3CCc4cc(O)ccc4C3CCC12C.CCCCCCCCC(CCC(F)(F)C(F)(F)C(F)(F)C(F)(F)F)C(=O)O. The first-order valence-corrected chi connectivity index (χ1v) is 16.6. The summed E-state index contributed by atoms with van der Waals surface area (Å²) in [7, 11) is 0. The Kier molecular flexibility index (Phi) is 12.5. The van der Waals surface area contributed by atoms with Gasteiger partial charge in [-0.15, -0.1) is 0 Å². The Morgan fingerprint density at radius 1 is 0.915 bits per heavy atom. The van der Waals surface area contributed by atoms with Crippen molar-refractivity contribution in [1.82, 2.24) is 0 Å². The molecule has 3 aliphatic carbocycles. The third-order valence-electron chi connectivity index (χ3n) is 10.9. The summed E-state index contributed by atoms with van der Waals surface area (Å²) in [5, 5.41) is 18.6. The van der Waals surface area contributed by atoms with Crippen LogP contribution in [0.1, 0.15) is 121 Å². The lowest BCUT2D eigenvalue weighted by atomic mass is 9.55. The van der Waals surface area contributed by atoms with Gasteiger partial charge in [0.25, 0.3) is 0 Å². The number of halogens is 9. The number of aliphatic carboxylic acids is 1. The first-order chi connectivity index (χ1) is 21.7. The molecule has 0 heterocycles. The molecule has 12 heteroatoms. The maximum atomic E-state index is 13.5. The number of allylic oxidation sites excluding steroid dienone is 1. The smallest absolute Gasteiger partial charge is 0.460 e. The highest BCUT2D eigenvalue weighted by Gasteiger charge is 2.81. The average Bonchev–Trinajstić information content (AvgIpc) is 3.29. The summed E-state index contributed by atoms with van der Waals surface area (Å²) in [4.78, 5) is 11.0. The number of alkyl halides is 9. The van der Waals surface area contributed by atoms with E-state index in [0.717, 1.165) is 49.9 Å². The molecule has 0 amide bonds. The van der Waals surface area contributed by atoms with Gasteiger partial charge in [-0.1, -0.05) is 70.6 Å². The molecule has 2 fully saturated rings. The van der Waals surface area contributed by atoms with E-state index in [4.69, 9.17) is 5.11 Å². The largest absolute Gasteiger partial charge is 0.508 e. The van der Waals surface area contributed by atoms with Gasteiger partial charge in [0.2, 0.25) is 0 Å². The molecule has 0 radical (unpaired) electrons. The molecule has 5 atom stereocenters. The molecule has 1 aromatic carbocycles. The number of fused-ring (bicyclic) bond motifs is 5. The minimum atomic E-state index is -6.94. The third kappa shape index (κ3) is 8.26. The van der Waals surface area contributed by atoms with Crippen LogP contribution >= 0.6 is 0 Å². The van der Waals surface area contributed by atoms with Gasteiger partial charge in [-0.25, -0.2) is 0 Å². The number of carbonyl (C=O) groups is 1. The van der Waals surface area contributed by atoms with E-state index in [0.29, 0.717) is 24.0 Å². The zero-order valence-electron chi connectivity index (χ0n) is 27.1. The number of phenols is 1. The van der Waals surface area contributed by atoms with Crippen LogP contribution in [-0.2, 0) is 11.2 Å². The van der Waals surface area contributed by atoms with E-state index in [1.54, 1.807) is 0 Å². The van der Waals surface area contributed by atoms with Crippen LogP contribution in [0.5, 0.6) is 5.75 Å². The van der Waals surface area contributed by atoms with Gasteiger partial charge in [0.15, 0.2) is 0 Å². The fourth-order valence-electron chi connectivity index (χ4n) is 7.96. The van der Waals surface area contributed by atoms with Crippen LogP contribution in [0.2, 0.25) is 0 Å². The molecule has 1 aromatic rings. The number of phenolic OH excluding ortho intramolecular Hbond substituents is 1. The van der Waals surface area contributed by atoms with Crippen molar-refractivity contribution in [1.29, 1.82) is 0 Å². The van der Waals surface area contributed by atoms with Crippen LogP contribution in [-0.4, -0.2) is 40.1 Å². The highest BCUT2D eigenvalue weighted by atomic mass is 19.4. The van der Waals surface area contributed by atoms with Crippen LogP contribution in [0.4, 0.5) is 39.5 Å². The van der Waals surface area contributed by atoms with Gasteiger partial charge in [0.1, 0.15) is 5.75 Å². The molecule has 5 unspecified atom stereocenters. The van der Waals surface area contributed by atoms with E-state index in [2.05, 4.69) is 19.6 Å². The van der Waals surface area contributed by atoms with Crippen LogP contribution in [0.25, 0.3) is 0 Å². The summed E-state index contributed by atoms with van der Waals surface area (Å²) in [6.07, 6.45) is 1.80. The Balaban J connectivity index is 0.000000264. The molecule has 0 spiro atoms. The van der Waals surface area contributed by atoms with Crippen molar-refractivity contribution in [2.75, 3.05) is 0 Å². The fourth-order valence-corrected chi connectivity index (χ4v) is 7.96. The van der Waals surface area contributed by atoms with Crippen molar-refractivity contribution in [3.63, 3.8) is 0 Å². The minimum absolute atomic E-state index is 0.154. The summed E-state index contributed by atoms with van der Waals surface area (Å²) in [5.41, 5.74) is 4.85. The predicted octanol–water partition coefficient (Wildman–Crippen LogP) is 11.5. The molecule has 3 nitrogen and oxygen atoms in total. The Morgan fingerprint density at radius 3 is 2.17 bits per heavy atom. The zero-order chi connectivity index (χ0) is 35.4. The number of aromatic hydroxyl groups is 1. The number of benzene rings is 1. The standard InChI is InChI=1S/C19H24O.C16H23F9O2/c1-12-3-8-18-17-6-4-13-11-14(20)5-7-15(13)16(17)9-10-19(12,18)2;1-2-3-4-5-6-7-8-11(12(26)27)9-10-13(17,18)14(19,20)15(21,22)16(23,24)25/h5,7,11,16-18,20H,1,3-4,6,8-10H2,2H3;11H,2-10H2,1H3,(H,26,27).